The van der Waals surface area contributed by atoms with Crippen LogP contribution in [0.1, 0.15) is 31.1 Å². The number of hydrazine groups is 1. The summed E-state index contributed by atoms with van der Waals surface area (Å²) in [6, 6.07) is 8.82. The highest BCUT2D eigenvalue weighted by Gasteiger charge is 2.28. The summed E-state index contributed by atoms with van der Waals surface area (Å²) in [5.41, 5.74) is 2.53. The predicted molar refractivity (Wildman–Crippen MR) is 70.7 cm³/mol. The van der Waals surface area contributed by atoms with E-state index in [9.17, 15) is 9.59 Å². The molecule has 4 nitrogen and oxygen atoms in total. The lowest BCUT2D eigenvalue weighted by Crippen LogP contribution is -2.55. The monoisotopic (exact) mass is 246 g/mol. The van der Waals surface area contributed by atoms with E-state index in [-0.39, 0.29) is 5.91 Å². The molecule has 1 rings (SSSR count). The molecule has 4 heteroatoms. The third kappa shape index (κ3) is 3.45. The normalized spacial score (nSPS) is 10.6. The predicted octanol–water partition coefficient (Wildman–Crippen LogP) is 2.14. The number of rotatable bonds is 2. The van der Waals surface area contributed by atoms with Gasteiger partial charge in [0.1, 0.15) is 0 Å². The van der Waals surface area contributed by atoms with Crippen molar-refractivity contribution in [3.63, 3.8) is 0 Å². The molecule has 0 unspecified atom stereocenters. The molecule has 18 heavy (non-hydrogen) atoms. The molecule has 0 aromatic heterocycles. The van der Waals surface area contributed by atoms with Crippen molar-refractivity contribution >= 4 is 11.8 Å². The number of nitrogens with zero attached hydrogens (tertiary/aromatic N) is 1. The van der Waals surface area contributed by atoms with Gasteiger partial charge in [-0.2, -0.15) is 0 Å². The Labute approximate surface area is 107 Å². The van der Waals surface area contributed by atoms with Crippen LogP contribution >= 0.6 is 0 Å². The fourth-order valence-electron chi connectivity index (χ4n) is 1.39. The Morgan fingerprint density at radius 3 is 2.22 bits per heavy atom. The van der Waals surface area contributed by atoms with Crippen molar-refractivity contribution in [1.82, 2.24) is 10.4 Å². The van der Waals surface area contributed by atoms with Gasteiger partial charge in [-0.15, -0.1) is 0 Å². The smallest absolute Gasteiger partial charge is 0.268 e. The second kappa shape index (κ2) is 5.49. The molecule has 2 amide bonds. The molecule has 0 heterocycles. The standard InChI is InChI=1S/C14H18N2O2/c1-5-12(17)15-16(14(2,3)4)13(18)11-9-7-6-8-10-11/h5-10H,1H2,2-4H3,(H,15,17). The lowest BCUT2D eigenvalue weighted by atomic mass is 10.1. The van der Waals surface area contributed by atoms with Gasteiger partial charge in [-0.05, 0) is 39.0 Å². The van der Waals surface area contributed by atoms with E-state index in [1.807, 2.05) is 26.8 Å². The number of carbonyl (C=O) groups is 2. The summed E-state index contributed by atoms with van der Waals surface area (Å²) in [6.07, 6.45) is 1.14. The Balaban J connectivity index is 3.01. The highest BCUT2D eigenvalue weighted by atomic mass is 16.2. The Kier molecular flexibility index (Phi) is 4.26. The molecule has 96 valence electrons. The highest BCUT2D eigenvalue weighted by molar-refractivity contribution is 5.97. The third-order valence-electron chi connectivity index (χ3n) is 2.30. The summed E-state index contributed by atoms with van der Waals surface area (Å²) >= 11 is 0. The van der Waals surface area contributed by atoms with Crippen molar-refractivity contribution in [2.45, 2.75) is 26.3 Å². The second-order valence-electron chi connectivity index (χ2n) is 4.86. The van der Waals surface area contributed by atoms with E-state index in [0.717, 1.165) is 6.08 Å². The van der Waals surface area contributed by atoms with Crippen LogP contribution in [0.2, 0.25) is 0 Å². The van der Waals surface area contributed by atoms with Gasteiger partial charge < -0.3 is 0 Å². The Morgan fingerprint density at radius 1 is 1.22 bits per heavy atom. The first-order valence-electron chi connectivity index (χ1n) is 5.69. The quantitative estimate of drug-likeness (QED) is 0.642. The van der Waals surface area contributed by atoms with Crippen molar-refractivity contribution in [3.8, 4) is 0 Å². The van der Waals surface area contributed by atoms with Gasteiger partial charge in [-0.3, -0.25) is 15.0 Å². The molecule has 0 aliphatic carbocycles. The molecule has 0 fully saturated rings. The third-order valence-corrected chi connectivity index (χ3v) is 2.30. The minimum atomic E-state index is -0.522. The average molecular weight is 246 g/mol. The second-order valence-corrected chi connectivity index (χ2v) is 4.86. The SMILES string of the molecule is C=CC(=O)NN(C(=O)c1ccccc1)C(C)(C)C. The van der Waals surface area contributed by atoms with Gasteiger partial charge in [0.15, 0.2) is 0 Å². The van der Waals surface area contributed by atoms with Gasteiger partial charge >= 0.3 is 0 Å². The van der Waals surface area contributed by atoms with E-state index in [4.69, 9.17) is 0 Å². The largest absolute Gasteiger partial charge is 0.272 e. The molecule has 1 N–H and O–H groups in total. The van der Waals surface area contributed by atoms with Gasteiger partial charge in [0, 0.05) is 5.56 Å². The number of hydrogen-bond acceptors (Lipinski definition) is 2. The zero-order chi connectivity index (χ0) is 13.8. The first kappa shape index (κ1) is 14.0. The number of carbonyl (C=O) groups excluding carboxylic acids is 2. The summed E-state index contributed by atoms with van der Waals surface area (Å²) in [6.45, 7) is 8.91. The van der Waals surface area contributed by atoms with Crippen LogP contribution in [0.4, 0.5) is 0 Å². The summed E-state index contributed by atoms with van der Waals surface area (Å²) in [5.74, 6) is -0.660. The Hall–Kier alpha value is -2.10. The van der Waals surface area contributed by atoms with Crippen molar-refractivity contribution in [3.05, 3.63) is 48.6 Å². The van der Waals surface area contributed by atoms with Crippen LogP contribution in [0.3, 0.4) is 0 Å². The van der Waals surface area contributed by atoms with Crippen LogP contribution in [-0.4, -0.2) is 22.4 Å². The van der Waals surface area contributed by atoms with E-state index in [2.05, 4.69) is 12.0 Å². The molecule has 0 bridgehead atoms. The zero-order valence-electron chi connectivity index (χ0n) is 10.9. The maximum atomic E-state index is 12.3. The van der Waals surface area contributed by atoms with Crippen LogP contribution in [-0.2, 0) is 4.79 Å². The molecule has 0 atom stereocenters. The molecular formula is C14H18N2O2. The molecule has 0 saturated carbocycles. The molecule has 0 spiro atoms. The van der Waals surface area contributed by atoms with Crippen molar-refractivity contribution in [2.75, 3.05) is 0 Å². The summed E-state index contributed by atoms with van der Waals surface area (Å²) < 4.78 is 0. The number of amides is 2. The Bertz CT molecular complexity index is 447. The van der Waals surface area contributed by atoms with Gasteiger partial charge in [-0.25, -0.2) is 5.01 Å². The molecule has 0 aliphatic heterocycles. The molecular weight excluding hydrogens is 228 g/mol. The lowest BCUT2D eigenvalue weighted by molar-refractivity contribution is -0.122. The fourth-order valence-corrected chi connectivity index (χ4v) is 1.39. The van der Waals surface area contributed by atoms with Gasteiger partial charge in [0.25, 0.3) is 11.8 Å². The molecule has 0 aliphatic rings. The van der Waals surface area contributed by atoms with E-state index in [0.29, 0.717) is 5.56 Å². The molecule has 1 aromatic carbocycles. The van der Waals surface area contributed by atoms with Gasteiger partial charge in [-0.1, -0.05) is 24.8 Å². The lowest BCUT2D eigenvalue weighted by Gasteiger charge is -2.35. The van der Waals surface area contributed by atoms with Crippen LogP contribution in [0.25, 0.3) is 0 Å². The molecule has 1 aromatic rings. The zero-order valence-corrected chi connectivity index (χ0v) is 10.9. The van der Waals surface area contributed by atoms with Crippen LogP contribution < -0.4 is 5.43 Å². The maximum absolute atomic E-state index is 12.3. The minimum absolute atomic E-state index is 0.252. The average Bonchev–Trinajstić information content (AvgIpc) is 2.34. The van der Waals surface area contributed by atoms with E-state index >= 15 is 0 Å². The van der Waals surface area contributed by atoms with Crippen molar-refractivity contribution in [1.29, 1.82) is 0 Å². The van der Waals surface area contributed by atoms with E-state index in [1.54, 1.807) is 24.3 Å². The summed E-state index contributed by atoms with van der Waals surface area (Å²) in [7, 11) is 0. The minimum Gasteiger partial charge on any atom is -0.268 e. The van der Waals surface area contributed by atoms with Crippen LogP contribution in [0.5, 0.6) is 0 Å². The number of benzene rings is 1. The first-order valence-corrected chi connectivity index (χ1v) is 5.69. The van der Waals surface area contributed by atoms with Gasteiger partial charge in [0.2, 0.25) is 0 Å². The first-order chi connectivity index (χ1) is 8.36. The van der Waals surface area contributed by atoms with Crippen LogP contribution in [0, 0.1) is 0 Å². The topological polar surface area (TPSA) is 49.4 Å². The molecule has 0 saturated heterocycles. The molecule has 0 radical (unpaired) electrons. The van der Waals surface area contributed by atoms with Gasteiger partial charge in [0.05, 0.1) is 5.54 Å². The van der Waals surface area contributed by atoms with E-state index < -0.39 is 11.4 Å². The number of nitrogens with one attached hydrogen (secondary N) is 1. The fraction of sp³-hybridized carbons (Fsp3) is 0.286. The maximum Gasteiger partial charge on any atom is 0.272 e. The Morgan fingerprint density at radius 2 is 1.78 bits per heavy atom. The summed E-state index contributed by atoms with van der Waals surface area (Å²) in [4.78, 5) is 23.7. The van der Waals surface area contributed by atoms with Crippen LogP contribution in [0.15, 0.2) is 43.0 Å². The van der Waals surface area contributed by atoms with Crippen molar-refractivity contribution < 1.29 is 9.59 Å². The van der Waals surface area contributed by atoms with E-state index in [1.165, 1.54) is 5.01 Å². The van der Waals surface area contributed by atoms with Crippen molar-refractivity contribution in [2.24, 2.45) is 0 Å². The summed E-state index contributed by atoms with van der Waals surface area (Å²) in [5, 5.41) is 1.31. The highest BCUT2D eigenvalue weighted by Crippen LogP contribution is 2.14. The number of hydrogen-bond donors (Lipinski definition) is 1.